The van der Waals surface area contributed by atoms with Gasteiger partial charge in [-0.15, -0.1) is 0 Å². The fraction of sp³-hybridized carbons (Fsp3) is 1.00. The van der Waals surface area contributed by atoms with E-state index in [4.69, 9.17) is 0 Å². The maximum Gasteiger partial charge on any atom is 0.00669 e. The van der Waals surface area contributed by atoms with E-state index < -0.39 is 0 Å². The summed E-state index contributed by atoms with van der Waals surface area (Å²) in [6.45, 7) is 7.42. The second-order valence-corrected chi connectivity index (χ2v) is 5.15. The molecule has 1 atom stereocenters. The molecule has 0 aliphatic carbocycles. The van der Waals surface area contributed by atoms with E-state index in [1.54, 1.807) is 0 Å². The predicted octanol–water partition coefficient (Wildman–Crippen LogP) is 4.22. The van der Waals surface area contributed by atoms with Gasteiger partial charge in [-0.25, -0.2) is 0 Å². The molecule has 90 valence electrons. The average molecular weight is 211 g/mol. The standard InChI is InChI=1S/C14H29N/c1-3-4-5-6-7-8-11-14(2)15-12-9-10-13-15/h14H,3-13H2,1-2H3. The number of hydrogen-bond acceptors (Lipinski definition) is 1. The van der Waals surface area contributed by atoms with E-state index in [1.165, 1.54) is 70.9 Å². The van der Waals surface area contributed by atoms with E-state index in [0.29, 0.717) is 0 Å². The number of likely N-dealkylation sites (tertiary alicyclic amines) is 1. The summed E-state index contributed by atoms with van der Waals surface area (Å²) >= 11 is 0. The summed E-state index contributed by atoms with van der Waals surface area (Å²) in [5.41, 5.74) is 0. The normalized spacial score (nSPS) is 19.6. The second kappa shape index (κ2) is 8.15. The monoisotopic (exact) mass is 211 g/mol. The summed E-state index contributed by atoms with van der Waals surface area (Å²) in [4.78, 5) is 2.67. The maximum absolute atomic E-state index is 2.67. The molecule has 1 saturated heterocycles. The van der Waals surface area contributed by atoms with E-state index in [2.05, 4.69) is 18.7 Å². The lowest BCUT2D eigenvalue weighted by molar-refractivity contribution is 0.242. The molecule has 0 bridgehead atoms. The smallest absolute Gasteiger partial charge is 0.00669 e. The number of rotatable bonds is 8. The van der Waals surface area contributed by atoms with Gasteiger partial charge in [-0.2, -0.15) is 0 Å². The van der Waals surface area contributed by atoms with Crippen LogP contribution in [0.1, 0.15) is 71.6 Å². The molecular formula is C14H29N. The molecule has 1 rings (SSSR count). The lowest BCUT2D eigenvalue weighted by Crippen LogP contribution is -2.29. The summed E-state index contributed by atoms with van der Waals surface area (Å²) in [6.07, 6.45) is 12.9. The van der Waals surface area contributed by atoms with Crippen molar-refractivity contribution in [1.29, 1.82) is 0 Å². The van der Waals surface area contributed by atoms with Gasteiger partial charge in [-0.3, -0.25) is 0 Å². The summed E-state index contributed by atoms with van der Waals surface area (Å²) < 4.78 is 0. The fourth-order valence-electron chi connectivity index (χ4n) is 2.59. The highest BCUT2D eigenvalue weighted by molar-refractivity contribution is 4.72. The topological polar surface area (TPSA) is 3.24 Å². The van der Waals surface area contributed by atoms with Gasteiger partial charge in [0, 0.05) is 6.04 Å². The van der Waals surface area contributed by atoms with Gasteiger partial charge in [-0.1, -0.05) is 45.4 Å². The van der Waals surface area contributed by atoms with Crippen LogP contribution in [0.15, 0.2) is 0 Å². The largest absolute Gasteiger partial charge is 0.301 e. The lowest BCUT2D eigenvalue weighted by Gasteiger charge is -2.23. The maximum atomic E-state index is 2.67. The van der Waals surface area contributed by atoms with E-state index in [9.17, 15) is 0 Å². The van der Waals surface area contributed by atoms with Crippen molar-refractivity contribution in [2.75, 3.05) is 13.1 Å². The zero-order valence-corrected chi connectivity index (χ0v) is 10.8. The lowest BCUT2D eigenvalue weighted by atomic mass is 10.1. The Morgan fingerprint density at radius 1 is 0.933 bits per heavy atom. The Bertz CT molecular complexity index is 138. The van der Waals surface area contributed by atoms with Crippen molar-refractivity contribution in [3.05, 3.63) is 0 Å². The molecule has 0 spiro atoms. The molecule has 1 aliphatic rings. The third kappa shape index (κ3) is 5.55. The van der Waals surface area contributed by atoms with Gasteiger partial charge in [-0.05, 0) is 39.3 Å². The Morgan fingerprint density at radius 3 is 2.20 bits per heavy atom. The number of hydrogen-bond donors (Lipinski definition) is 0. The molecule has 1 heterocycles. The molecule has 0 amide bonds. The summed E-state index contributed by atoms with van der Waals surface area (Å²) in [7, 11) is 0. The van der Waals surface area contributed by atoms with Crippen molar-refractivity contribution in [3.8, 4) is 0 Å². The Kier molecular flexibility index (Phi) is 7.08. The van der Waals surface area contributed by atoms with Crippen molar-refractivity contribution in [2.45, 2.75) is 77.7 Å². The van der Waals surface area contributed by atoms with Gasteiger partial charge in [0.05, 0.1) is 0 Å². The highest BCUT2D eigenvalue weighted by Gasteiger charge is 2.16. The van der Waals surface area contributed by atoms with E-state index in [-0.39, 0.29) is 0 Å². The molecule has 0 radical (unpaired) electrons. The first-order chi connectivity index (χ1) is 7.34. The van der Waals surface area contributed by atoms with Crippen LogP contribution in [0, 0.1) is 0 Å². The molecule has 0 N–H and O–H groups in total. The minimum absolute atomic E-state index is 0.846. The highest BCUT2D eigenvalue weighted by Crippen LogP contribution is 2.16. The molecule has 0 aromatic rings. The average Bonchev–Trinajstić information content (AvgIpc) is 2.76. The van der Waals surface area contributed by atoms with E-state index in [0.717, 1.165) is 6.04 Å². The van der Waals surface area contributed by atoms with Gasteiger partial charge in [0.2, 0.25) is 0 Å². The number of nitrogens with zero attached hydrogens (tertiary/aromatic N) is 1. The van der Waals surface area contributed by atoms with Crippen molar-refractivity contribution in [2.24, 2.45) is 0 Å². The summed E-state index contributed by atoms with van der Waals surface area (Å²) in [5, 5.41) is 0. The van der Waals surface area contributed by atoms with Crippen molar-refractivity contribution < 1.29 is 0 Å². The molecule has 0 aromatic carbocycles. The van der Waals surface area contributed by atoms with E-state index in [1.807, 2.05) is 0 Å². The van der Waals surface area contributed by atoms with Crippen LogP contribution in [0.4, 0.5) is 0 Å². The third-order valence-electron chi connectivity index (χ3n) is 3.74. The van der Waals surface area contributed by atoms with Crippen molar-refractivity contribution in [3.63, 3.8) is 0 Å². The molecule has 0 aromatic heterocycles. The minimum Gasteiger partial charge on any atom is -0.301 e. The van der Waals surface area contributed by atoms with Crippen LogP contribution in [-0.4, -0.2) is 24.0 Å². The van der Waals surface area contributed by atoms with Gasteiger partial charge in [0.1, 0.15) is 0 Å². The zero-order chi connectivity index (χ0) is 10.9. The van der Waals surface area contributed by atoms with Crippen LogP contribution >= 0.6 is 0 Å². The zero-order valence-electron chi connectivity index (χ0n) is 10.8. The van der Waals surface area contributed by atoms with Crippen LogP contribution in [0.3, 0.4) is 0 Å². The molecule has 15 heavy (non-hydrogen) atoms. The van der Waals surface area contributed by atoms with Gasteiger partial charge in [0.25, 0.3) is 0 Å². The van der Waals surface area contributed by atoms with Crippen LogP contribution in [0.2, 0.25) is 0 Å². The Balaban J connectivity index is 1.90. The highest BCUT2D eigenvalue weighted by atomic mass is 15.2. The molecule has 0 saturated carbocycles. The first kappa shape index (κ1) is 13.0. The Hall–Kier alpha value is -0.0400. The molecule has 1 unspecified atom stereocenters. The molecule has 1 fully saturated rings. The Morgan fingerprint density at radius 2 is 1.53 bits per heavy atom. The molecule has 1 nitrogen and oxygen atoms in total. The third-order valence-corrected chi connectivity index (χ3v) is 3.74. The van der Waals surface area contributed by atoms with Crippen molar-refractivity contribution in [1.82, 2.24) is 4.90 Å². The molecular weight excluding hydrogens is 182 g/mol. The van der Waals surface area contributed by atoms with Crippen LogP contribution in [0.5, 0.6) is 0 Å². The van der Waals surface area contributed by atoms with Crippen LogP contribution in [0.25, 0.3) is 0 Å². The quantitative estimate of drug-likeness (QED) is 0.543. The second-order valence-electron chi connectivity index (χ2n) is 5.15. The van der Waals surface area contributed by atoms with Crippen LogP contribution < -0.4 is 0 Å². The van der Waals surface area contributed by atoms with Crippen LogP contribution in [-0.2, 0) is 0 Å². The minimum atomic E-state index is 0.846. The predicted molar refractivity (Wildman–Crippen MR) is 68.3 cm³/mol. The molecule has 1 heteroatoms. The number of unbranched alkanes of at least 4 members (excludes halogenated alkanes) is 5. The molecule has 1 aliphatic heterocycles. The van der Waals surface area contributed by atoms with Gasteiger partial charge in [0.15, 0.2) is 0 Å². The summed E-state index contributed by atoms with van der Waals surface area (Å²) in [6, 6.07) is 0.846. The summed E-state index contributed by atoms with van der Waals surface area (Å²) in [5.74, 6) is 0. The Labute approximate surface area is 96.2 Å². The fourth-order valence-corrected chi connectivity index (χ4v) is 2.59. The van der Waals surface area contributed by atoms with Gasteiger partial charge < -0.3 is 4.90 Å². The first-order valence-corrected chi connectivity index (χ1v) is 7.08. The van der Waals surface area contributed by atoms with Crippen molar-refractivity contribution >= 4 is 0 Å². The van der Waals surface area contributed by atoms with E-state index >= 15 is 0 Å². The first-order valence-electron chi connectivity index (χ1n) is 7.08. The van der Waals surface area contributed by atoms with Gasteiger partial charge >= 0.3 is 0 Å². The SMILES string of the molecule is CCCCCCCCC(C)N1CCCC1.